The van der Waals surface area contributed by atoms with Crippen LogP contribution in [-0.4, -0.2) is 32.2 Å². The maximum atomic E-state index is 13.0. The van der Waals surface area contributed by atoms with Crippen molar-refractivity contribution in [3.8, 4) is 0 Å². The first-order chi connectivity index (χ1) is 11.7. The van der Waals surface area contributed by atoms with E-state index in [4.69, 9.17) is 0 Å². The Hall–Kier alpha value is -1.89. The highest BCUT2D eigenvalue weighted by Gasteiger charge is 2.26. The molecule has 1 aromatic carbocycles. The van der Waals surface area contributed by atoms with Crippen LogP contribution < -0.4 is 5.32 Å². The van der Waals surface area contributed by atoms with Crippen molar-refractivity contribution in [1.29, 1.82) is 0 Å². The minimum Gasteiger partial charge on any atom is -0.352 e. The number of aromatic nitrogens is 4. The van der Waals surface area contributed by atoms with Gasteiger partial charge >= 0.3 is 0 Å². The van der Waals surface area contributed by atoms with Crippen molar-refractivity contribution >= 4 is 17.7 Å². The Morgan fingerprint density at radius 2 is 1.92 bits per heavy atom. The van der Waals surface area contributed by atoms with Gasteiger partial charge in [0.2, 0.25) is 11.1 Å². The van der Waals surface area contributed by atoms with Crippen LogP contribution in [0.1, 0.15) is 49.3 Å². The highest BCUT2D eigenvalue weighted by molar-refractivity contribution is 8.00. The van der Waals surface area contributed by atoms with Gasteiger partial charge in [-0.2, -0.15) is 0 Å². The van der Waals surface area contributed by atoms with Crippen LogP contribution in [0, 0.1) is 0 Å². The number of rotatable bonds is 5. The van der Waals surface area contributed by atoms with Crippen molar-refractivity contribution in [2.75, 3.05) is 0 Å². The van der Waals surface area contributed by atoms with Gasteiger partial charge in [0.05, 0.1) is 0 Å². The van der Waals surface area contributed by atoms with E-state index >= 15 is 0 Å². The molecule has 7 heteroatoms. The van der Waals surface area contributed by atoms with Crippen LogP contribution in [-0.2, 0) is 11.8 Å². The highest BCUT2D eigenvalue weighted by Crippen LogP contribution is 2.34. The van der Waals surface area contributed by atoms with E-state index in [9.17, 15) is 4.79 Å². The number of aryl methyl sites for hydroxylation is 1. The van der Waals surface area contributed by atoms with E-state index in [2.05, 4.69) is 20.8 Å². The molecule has 1 amide bonds. The summed E-state index contributed by atoms with van der Waals surface area (Å²) >= 11 is 1.39. The van der Waals surface area contributed by atoms with E-state index in [1.807, 2.05) is 30.3 Å². The first kappa shape index (κ1) is 17.0. The molecule has 0 bridgehead atoms. The summed E-state index contributed by atoms with van der Waals surface area (Å²) in [5, 5.41) is 15.1. The lowest BCUT2D eigenvalue weighted by atomic mass is 10.1. The largest absolute Gasteiger partial charge is 0.352 e. The average molecular weight is 345 g/mol. The smallest absolute Gasteiger partial charge is 0.238 e. The van der Waals surface area contributed by atoms with Gasteiger partial charge in [-0.15, -0.1) is 5.10 Å². The van der Waals surface area contributed by atoms with Crippen LogP contribution in [0.15, 0.2) is 35.5 Å². The second-order valence-electron chi connectivity index (χ2n) is 6.19. The zero-order chi connectivity index (χ0) is 16.8. The van der Waals surface area contributed by atoms with Crippen LogP contribution in [0.2, 0.25) is 0 Å². The third-order valence-corrected chi connectivity index (χ3v) is 5.63. The van der Waals surface area contributed by atoms with E-state index in [-0.39, 0.29) is 17.2 Å². The van der Waals surface area contributed by atoms with Crippen LogP contribution >= 0.6 is 11.8 Å². The molecule has 6 nitrogen and oxygen atoms in total. The predicted molar refractivity (Wildman–Crippen MR) is 93.5 cm³/mol. The summed E-state index contributed by atoms with van der Waals surface area (Å²) in [6.07, 6.45) is 7.08. The molecule has 1 aromatic heterocycles. The van der Waals surface area contributed by atoms with Crippen molar-refractivity contribution in [1.82, 2.24) is 25.5 Å². The van der Waals surface area contributed by atoms with Gasteiger partial charge in [-0.05, 0) is 28.8 Å². The van der Waals surface area contributed by atoms with Crippen LogP contribution in [0.3, 0.4) is 0 Å². The first-order valence-electron chi connectivity index (χ1n) is 8.48. The number of carbonyl (C=O) groups excluding carboxylic acids is 1. The molecule has 1 N–H and O–H groups in total. The van der Waals surface area contributed by atoms with Crippen LogP contribution in [0.25, 0.3) is 0 Å². The Kier molecular flexibility index (Phi) is 5.85. The normalized spacial score (nSPS) is 17.2. The molecule has 1 unspecified atom stereocenters. The number of thioether (sulfide) groups is 1. The maximum Gasteiger partial charge on any atom is 0.238 e. The molecule has 0 aliphatic heterocycles. The standard InChI is InChI=1S/C17H23N5OS/c1-22-17(19-20-21-22)24-15(13-9-5-4-6-10-13)16(23)18-14-11-7-2-3-8-12-14/h4-6,9-10,14-15H,2-3,7-8,11-12H2,1H3,(H,18,23). The van der Waals surface area contributed by atoms with E-state index in [1.165, 1.54) is 37.4 Å². The molecule has 1 atom stereocenters. The minimum absolute atomic E-state index is 0.0427. The van der Waals surface area contributed by atoms with Crippen molar-refractivity contribution in [2.24, 2.45) is 7.05 Å². The molecule has 1 heterocycles. The molecule has 1 fully saturated rings. The molecule has 1 aliphatic carbocycles. The number of tetrazole rings is 1. The highest BCUT2D eigenvalue weighted by atomic mass is 32.2. The monoisotopic (exact) mass is 345 g/mol. The second-order valence-corrected chi connectivity index (χ2v) is 7.26. The average Bonchev–Trinajstić information content (AvgIpc) is 2.84. The first-order valence-corrected chi connectivity index (χ1v) is 9.36. The van der Waals surface area contributed by atoms with Gasteiger partial charge in [0.25, 0.3) is 0 Å². The van der Waals surface area contributed by atoms with E-state index in [1.54, 1.807) is 11.7 Å². The van der Waals surface area contributed by atoms with Crippen LogP contribution in [0.4, 0.5) is 0 Å². The Morgan fingerprint density at radius 1 is 1.21 bits per heavy atom. The van der Waals surface area contributed by atoms with Gasteiger partial charge in [0.15, 0.2) is 0 Å². The molecule has 0 saturated heterocycles. The zero-order valence-electron chi connectivity index (χ0n) is 13.9. The number of hydrogen-bond acceptors (Lipinski definition) is 5. The Morgan fingerprint density at radius 3 is 2.54 bits per heavy atom. The molecular weight excluding hydrogens is 322 g/mol. The molecule has 128 valence electrons. The number of hydrogen-bond donors (Lipinski definition) is 1. The Labute approximate surface area is 146 Å². The lowest BCUT2D eigenvalue weighted by Crippen LogP contribution is -2.37. The number of amides is 1. The number of nitrogens with one attached hydrogen (secondary N) is 1. The molecule has 1 saturated carbocycles. The summed E-state index contributed by atoms with van der Waals surface area (Å²) in [5.74, 6) is 0.0427. The van der Waals surface area contributed by atoms with Crippen molar-refractivity contribution in [3.05, 3.63) is 35.9 Å². The summed E-state index contributed by atoms with van der Waals surface area (Å²) in [6, 6.07) is 10.1. The third-order valence-electron chi connectivity index (χ3n) is 4.35. The van der Waals surface area contributed by atoms with Gasteiger partial charge in [0.1, 0.15) is 5.25 Å². The number of carbonyl (C=O) groups is 1. The molecule has 3 rings (SSSR count). The molecule has 2 aromatic rings. The van der Waals surface area contributed by atoms with E-state index in [0.717, 1.165) is 18.4 Å². The molecule has 0 spiro atoms. The van der Waals surface area contributed by atoms with Crippen molar-refractivity contribution in [2.45, 2.75) is 55.0 Å². The van der Waals surface area contributed by atoms with Gasteiger partial charge in [-0.1, -0.05) is 67.8 Å². The maximum absolute atomic E-state index is 13.0. The van der Waals surface area contributed by atoms with Gasteiger partial charge in [-0.25, -0.2) is 4.68 Å². The molecular formula is C17H23N5OS. The molecule has 24 heavy (non-hydrogen) atoms. The SMILES string of the molecule is Cn1nnnc1SC(C(=O)NC1CCCCCC1)c1ccccc1. The van der Waals surface area contributed by atoms with Gasteiger partial charge in [0, 0.05) is 13.1 Å². The fourth-order valence-corrected chi connectivity index (χ4v) is 3.98. The Balaban J connectivity index is 1.75. The quantitative estimate of drug-likeness (QED) is 0.666. The van der Waals surface area contributed by atoms with Crippen molar-refractivity contribution in [3.63, 3.8) is 0 Å². The fraction of sp³-hybridized carbons (Fsp3) is 0.529. The summed E-state index contributed by atoms with van der Waals surface area (Å²) < 4.78 is 1.60. The predicted octanol–water partition coefficient (Wildman–Crippen LogP) is 2.88. The topological polar surface area (TPSA) is 72.7 Å². The second kappa shape index (κ2) is 8.28. The van der Waals surface area contributed by atoms with Gasteiger partial charge < -0.3 is 5.32 Å². The molecule has 1 aliphatic rings. The minimum atomic E-state index is -0.348. The summed E-state index contributed by atoms with van der Waals surface area (Å²) in [4.78, 5) is 13.0. The zero-order valence-corrected chi connectivity index (χ0v) is 14.7. The van der Waals surface area contributed by atoms with Crippen LogP contribution in [0.5, 0.6) is 0 Å². The third kappa shape index (κ3) is 4.35. The lowest BCUT2D eigenvalue weighted by molar-refractivity contribution is -0.121. The lowest BCUT2D eigenvalue weighted by Gasteiger charge is -2.21. The molecule has 0 radical (unpaired) electrons. The number of nitrogens with zero attached hydrogens (tertiary/aromatic N) is 4. The summed E-state index contributed by atoms with van der Waals surface area (Å²) in [5.41, 5.74) is 0.969. The number of benzene rings is 1. The van der Waals surface area contributed by atoms with Crippen molar-refractivity contribution < 1.29 is 4.79 Å². The summed E-state index contributed by atoms with van der Waals surface area (Å²) in [7, 11) is 1.79. The van der Waals surface area contributed by atoms with Gasteiger partial charge in [-0.3, -0.25) is 4.79 Å². The fourth-order valence-electron chi connectivity index (χ4n) is 3.03. The van der Waals surface area contributed by atoms with E-state index in [0.29, 0.717) is 5.16 Å². The Bertz CT molecular complexity index is 652. The summed E-state index contributed by atoms with van der Waals surface area (Å²) in [6.45, 7) is 0. The van der Waals surface area contributed by atoms with E-state index < -0.39 is 0 Å².